The normalized spacial score (nSPS) is 16.7. The molecule has 6 heteroatoms. The summed E-state index contributed by atoms with van der Waals surface area (Å²) in [6, 6.07) is 16.4. The summed E-state index contributed by atoms with van der Waals surface area (Å²) in [5.74, 6) is 1.94. The minimum atomic E-state index is 0.136. The number of para-hydroxylation sites is 2. The predicted octanol–water partition coefficient (Wildman–Crippen LogP) is 5.21. The van der Waals surface area contributed by atoms with Crippen LogP contribution in [0.4, 0.5) is 5.69 Å². The van der Waals surface area contributed by atoms with E-state index in [9.17, 15) is 10.4 Å². The summed E-state index contributed by atoms with van der Waals surface area (Å²) in [4.78, 5) is 7.94. The number of aliphatic hydroxyl groups is 1. The Hall–Kier alpha value is -2.75. The lowest BCUT2D eigenvalue weighted by Gasteiger charge is -2.39. The molecule has 0 spiro atoms. The molecule has 0 saturated carbocycles. The molecule has 0 amide bonds. The van der Waals surface area contributed by atoms with Crippen LogP contribution in [0.25, 0.3) is 22.7 Å². The first-order chi connectivity index (χ1) is 14.6. The van der Waals surface area contributed by atoms with Crippen molar-refractivity contribution in [2.24, 2.45) is 5.92 Å². The standard InChI is InChI=1S/C24H25N3O2S/c1-16(2)11-19-15-30-23-13-17(7-8-21(23)27(19)9-10-28)12-18(14-25)24-26-20-5-3-4-6-22(20)29-24/h3-8,12-13,16,19,28H,9-11,15H2,1-2H3/b18-12+. The van der Waals surface area contributed by atoms with Crippen molar-refractivity contribution >= 4 is 40.2 Å². The van der Waals surface area contributed by atoms with Gasteiger partial charge in [-0.2, -0.15) is 5.26 Å². The minimum absolute atomic E-state index is 0.136. The van der Waals surface area contributed by atoms with Gasteiger partial charge in [-0.3, -0.25) is 0 Å². The Morgan fingerprint density at radius 2 is 2.20 bits per heavy atom. The van der Waals surface area contributed by atoms with E-state index in [1.807, 2.05) is 48.2 Å². The molecule has 154 valence electrons. The largest absolute Gasteiger partial charge is 0.435 e. The lowest BCUT2D eigenvalue weighted by molar-refractivity contribution is 0.295. The van der Waals surface area contributed by atoms with Crippen LogP contribution >= 0.6 is 11.8 Å². The summed E-state index contributed by atoms with van der Waals surface area (Å²) in [5, 5.41) is 19.3. The zero-order chi connectivity index (χ0) is 21.1. The second-order valence-electron chi connectivity index (χ2n) is 7.90. The molecule has 0 radical (unpaired) electrons. The Morgan fingerprint density at radius 1 is 1.37 bits per heavy atom. The summed E-state index contributed by atoms with van der Waals surface area (Å²) in [6.45, 7) is 5.24. The topological polar surface area (TPSA) is 73.3 Å². The molecule has 0 saturated heterocycles. The van der Waals surface area contributed by atoms with Gasteiger partial charge in [-0.25, -0.2) is 4.98 Å². The van der Waals surface area contributed by atoms with Crippen LogP contribution < -0.4 is 4.90 Å². The number of rotatable bonds is 6. The molecule has 2 heterocycles. The molecule has 2 aromatic carbocycles. The SMILES string of the molecule is CC(C)CC1CSc2cc(/C=C(\C#N)c3nc4ccccc4o3)ccc2N1CCO. The molecule has 4 rings (SSSR count). The minimum Gasteiger partial charge on any atom is -0.435 e. The molecule has 30 heavy (non-hydrogen) atoms. The van der Waals surface area contributed by atoms with Gasteiger partial charge in [-0.05, 0) is 48.2 Å². The third-order valence-electron chi connectivity index (χ3n) is 5.21. The van der Waals surface area contributed by atoms with Gasteiger partial charge >= 0.3 is 0 Å². The fourth-order valence-electron chi connectivity index (χ4n) is 3.89. The first-order valence-electron chi connectivity index (χ1n) is 10.2. The second kappa shape index (κ2) is 8.95. The number of nitrogens with zero attached hydrogens (tertiary/aromatic N) is 3. The number of β-amino-alcohol motifs (C(OH)–C–C–N with tert-alkyl or cyclic N) is 1. The number of oxazole rings is 1. The highest BCUT2D eigenvalue weighted by Gasteiger charge is 2.27. The highest BCUT2D eigenvalue weighted by molar-refractivity contribution is 7.99. The highest BCUT2D eigenvalue weighted by atomic mass is 32.2. The van der Waals surface area contributed by atoms with E-state index in [2.05, 4.69) is 41.9 Å². The molecule has 3 aromatic rings. The van der Waals surface area contributed by atoms with Gasteiger partial charge in [0, 0.05) is 23.2 Å². The zero-order valence-corrected chi connectivity index (χ0v) is 18.0. The van der Waals surface area contributed by atoms with Crippen molar-refractivity contribution in [1.29, 1.82) is 5.26 Å². The van der Waals surface area contributed by atoms with Crippen molar-refractivity contribution in [3.8, 4) is 6.07 Å². The fraction of sp³-hybridized carbons (Fsp3) is 0.333. The van der Waals surface area contributed by atoms with Gasteiger partial charge in [0.15, 0.2) is 5.58 Å². The van der Waals surface area contributed by atoms with Crippen LogP contribution in [-0.2, 0) is 0 Å². The molecule has 0 bridgehead atoms. The number of anilines is 1. The van der Waals surface area contributed by atoms with Gasteiger partial charge < -0.3 is 14.4 Å². The molecule has 1 unspecified atom stereocenters. The number of hydrogen-bond donors (Lipinski definition) is 1. The lowest BCUT2D eigenvalue weighted by atomic mass is 10.0. The van der Waals surface area contributed by atoms with Gasteiger partial charge in [-0.15, -0.1) is 11.8 Å². The molecular formula is C24H25N3O2S. The monoisotopic (exact) mass is 419 g/mol. The quantitative estimate of drug-likeness (QED) is 0.553. The van der Waals surface area contributed by atoms with Crippen molar-refractivity contribution in [1.82, 2.24) is 4.98 Å². The van der Waals surface area contributed by atoms with Crippen molar-refractivity contribution in [3.05, 3.63) is 53.9 Å². The van der Waals surface area contributed by atoms with Crippen LogP contribution in [0.3, 0.4) is 0 Å². The van der Waals surface area contributed by atoms with Crippen LogP contribution in [0.5, 0.6) is 0 Å². The number of aliphatic hydroxyl groups excluding tert-OH is 1. The maximum Gasteiger partial charge on any atom is 0.238 e. The zero-order valence-electron chi connectivity index (χ0n) is 17.2. The van der Waals surface area contributed by atoms with Crippen LogP contribution in [-0.4, -0.2) is 35.0 Å². The van der Waals surface area contributed by atoms with E-state index in [-0.39, 0.29) is 6.61 Å². The van der Waals surface area contributed by atoms with Crippen LogP contribution in [0, 0.1) is 17.2 Å². The third kappa shape index (κ3) is 4.23. The number of hydrogen-bond acceptors (Lipinski definition) is 6. The smallest absolute Gasteiger partial charge is 0.238 e. The maximum absolute atomic E-state index is 9.68. The van der Waals surface area contributed by atoms with E-state index in [1.54, 1.807) is 0 Å². The van der Waals surface area contributed by atoms with E-state index < -0.39 is 0 Å². The summed E-state index contributed by atoms with van der Waals surface area (Å²) in [7, 11) is 0. The molecule has 5 nitrogen and oxygen atoms in total. The second-order valence-corrected chi connectivity index (χ2v) is 8.96. The Balaban J connectivity index is 1.65. The number of thioether (sulfide) groups is 1. The predicted molar refractivity (Wildman–Crippen MR) is 122 cm³/mol. The number of aromatic nitrogens is 1. The summed E-state index contributed by atoms with van der Waals surface area (Å²) >= 11 is 1.84. The Bertz CT molecular complexity index is 1080. The van der Waals surface area contributed by atoms with Gasteiger partial charge in [0.05, 0.1) is 12.3 Å². The maximum atomic E-state index is 9.68. The van der Waals surface area contributed by atoms with Crippen molar-refractivity contribution < 1.29 is 9.52 Å². The number of benzene rings is 2. The third-order valence-corrected chi connectivity index (χ3v) is 6.39. The van der Waals surface area contributed by atoms with E-state index in [1.165, 1.54) is 4.90 Å². The van der Waals surface area contributed by atoms with Gasteiger partial charge in [0.25, 0.3) is 0 Å². The summed E-state index contributed by atoms with van der Waals surface area (Å²) in [5.41, 5.74) is 3.91. The molecular weight excluding hydrogens is 394 g/mol. The summed E-state index contributed by atoms with van der Waals surface area (Å²) < 4.78 is 5.76. The van der Waals surface area contributed by atoms with E-state index in [0.717, 1.165) is 28.9 Å². The Kier molecular flexibility index (Phi) is 6.12. The van der Waals surface area contributed by atoms with Gasteiger partial charge in [0.1, 0.15) is 17.2 Å². The fourth-order valence-corrected chi connectivity index (χ4v) is 5.13. The highest BCUT2D eigenvalue weighted by Crippen LogP contribution is 2.40. The van der Waals surface area contributed by atoms with E-state index >= 15 is 0 Å². The number of fused-ring (bicyclic) bond motifs is 2. The number of nitriles is 1. The molecule has 1 aliphatic rings. The Labute approximate surface area is 181 Å². The van der Waals surface area contributed by atoms with E-state index in [4.69, 9.17) is 4.42 Å². The first-order valence-corrected chi connectivity index (χ1v) is 11.2. The lowest BCUT2D eigenvalue weighted by Crippen LogP contribution is -2.42. The average molecular weight is 420 g/mol. The molecule has 1 atom stereocenters. The van der Waals surface area contributed by atoms with Crippen LogP contribution in [0.15, 0.2) is 51.8 Å². The Morgan fingerprint density at radius 3 is 2.93 bits per heavy atom. The molecule has 1 N–H and O–H groups in total. The molecule has 0 aliphatic carbocycles. The van der Waals surface area contributed by atoms with Gasteiger partial charge in [0.2, 0.25) is 5.89 Å². The molecule has 1 aliphatic heterocycles. The van der Waals surface area contributed by atoms with Crippen LogP contribution in [0.2, 0.25) is 0 Å². The van der Waals surface area contributed by atoms with Crippen molar-refractivity contribution in [3.63, 3.8) is 0 Å². The van der Waals surface area contributed by atoms with E-state index in [0.29, 0.717) is 35.6 Å². The van der Waals surface area contributed by atoms with Crippen LogP contribution in [0.1, 0.15) is 31.7 Å². The van der Waals surface area contributed by atoms with Crippen molar-refractivity contribution in [2.45, 2.75) is 31.2 Å². The first kappa shape index (κ1) is 20.5. The van der Waals surface area contributed by atoms with Gasteiger partial charge in [-0.1, -0.05) is 32.0 Å². The number of allylic oxidation sites excluding steroid dienone is 1. The molecule has 1 aromatic heterocycles. The average Bonchev–Trinajstić information content (AvgIpc) is 3.17. The summed E-state index contributed by atoms with van der Waals surface area (Å²) in [6.07, 6.45) is 2.92. The van der Waals surface area contributed by atoms with Crippen molar-refractivity contribution in [2.75, 3.05) is 23.8 Å². The molecule has 0 fully saturated rings.